The Hall–Kier alpha value is -1.65. The number of methoxy groups -OCH3 is 1. The van der Waals surface area contributed by atoms with Gasteiger partial charge in [0, 0.05) is 16.7 Å². The maximum Gasteiger partial charge on any atom is 0.126 e. The molecular weight excluding hydrogens is 282 g/mol. The summed E-state index contributed by atoms with van der Waals surface area (Å²) in [6.45, 7) is 1.27. The number of ether oxygens (including phenoxy) is 2. The molecule has 0 aliphatic carbocycles. The first-order valence-electron chi connectivity index (χ1n) is 7.01. The zero-order chi connectivity index (χ0) is 14.9. The van der Waals surface area contributed by atoms with Gasteiger partial charge in [0.05, 0.1) is 13.7 Å². The van der Waals surface area contributed by atoms with Crippen LogP contribution in [-0.2, 0) is 6.42 Å². The highest BCUT2D eigenvalue weighted by molar-refractivity contribution is 7.99. The van der Waals surface area contributed by atoms with Crippen molar-refractivity contribution in [2.24, 2.45) is 5.73 Å². The summed E-state index contributed by atoms with van der Waals surface area (Å²) >= 11 is 1.79. The molecule has 3 nitrogen and oxygen atoms in total. The van der Waals surface area contributed by atoms with Gasteiger partial charge in [-0.2, -0.15) is 0 Å². The predicted molar refractivity (Wildman–Crippen MR) is 88.4 cm³/mol. The minimum Gasteiger partial charge on any atom is -0.497 e. The van der Waals surface area contributed by atoms with Gasteiger partial charge in [0.15, 0.2) is 0 Å². The molecule has 0 amide bonds. The molecular formula is C17H21NO2S. The van der Waals surface area contributed by atoms with Crippen LogP contribution in [-0.4, -0.2) is 26.0 Å². The molecule has 2 rings (SSSR count). The monoisotopic (exact) mass is 303 g/mol. The van der Waals surface area contributed by atoms with Gasteiger partial charge >= 0.3 is 0 Å². The van der Waals surface area contributed by atoms with E-state index in [2.05, 4.69) is 12.1 Å². The van der Waals surface area contributed by atoms with Gasteiger partial charge in [0.2, 0.25) is 0 Å². The molecule has 0 heterocycles. The molecule has 112 valence electrons. The zero-order valence-electron chi connectivity index (χ0n) is 12.2. The topological polar surface area (TPSA) is 44.5 Å². The molecule has 0 saturated heterocycles. The molecule has 0 saturated carbocycles. The quantitative estimate of drug-likeness (QED) is 0.600. The standard InChI is InChI=1S/C17H21NO2S/c1-19-15-8-7-14(9-10-18)17(13-15)20-11-12-21-16-5-3-2-4-6-16/h2-8,13H,9-12,18H2,1H3. The third kappa shape index (κ3) is 4.99. The molecule has 2 N–H and O–H groups in total. The Labute approximate surface area is 130 Å². The summed E-state index contributed by atoms with van der Waals surface area (Å²) in [7, 11) is 1.66. The highest BCUT2D eigenvalue weighted by Crippen LogP contribution is 2.26. The second-order valence-corrected chi connectivity index (χ2v) is 5.69. The fourth-order valence-electron chi connectivity index (χ4n) is 1.99. The third-order valence-electron chi connectivity index (χ3n) is 3.04. The van der Waals surface area contributed by atoms with Gasteiger partial charge in [-0.25, -0.2) is 0 Å². The lowest BCUT2D eigenvalue weighted by molar-refractivity contribution is 0.336. The van der Waals surface area contributed by atoms with Crippen LogP contribution < -0.4 is 15.2 Å². The number of benzene rings is 2. The van der Waals surface area contributed by atoms with Crippen LogP contribution in [0.15, 0.2) is 53.4 Å². The van der Waals surface area contributed by atoms with Gasteiger partial charge in [-0.15, -0.1) is 11.8 Å². The summed E-state index contributed by atoms with van der Waals surface area (Å²) in [4.78, 5) is 1.26. The minimum absolute atomic E-state index is 0.613. The van der Waals surface area contributed by atoms with Crippen molar-refractivity contribution in [3.63, 3.8) is 0 Å². The summed E-state index contributed by atoms with van der Waals surface area (Å²) in [5.74, 6) is 2.58. The van der Waals surface area contributed by atoms with E-state index in [0.29, 0.717) is 13.2 Å². The van der Waals surface area contributed by atoms with Crippen LogP contribution in [0.25, 0.3) is 0 Å². The average Bonchev–Trinajstić information content (AvgIpc) is 2.54. The highest BCUT2D eigenvalue weighted by Gasteiger charge is 2.05. The molecule has 2 aromatic carbocycles. The van der Waals surface area contributed by atoms with Crippen molar-refractivity contribution in [3.8, 4) is 11.5 Å². The molecule has 21 heavy (non-hydrogen) atoms. The van der Waals surface area contributed by atoms with Crippen molar-refractivity contribution < 1.29 is 9.47 Å². The van der Waals surface area contributed by atoms with Gasteiger partial charge in [-0.05, 0) is 36.7 Å². The van der Waals surface area contributed by atoms with E-state index in [4.69, 9.17) is 15.2 Å². The Balaban J connectivity index is 1.89. The van der Waals surface area contributed by atoms with Crippen LogP contribution in [0.4, 0.5) is 0 Å². The number of hydrogen-bond donors (Lipinski definition) is 1. The molecule has 0 spiro atoms. The molecule has 0 fully saturated rings. The van der Waals surface area contributed by atoms with Gasteiger partial charge in [0.1, 0.15) is 11.5 Å². The first-order chi connectivity index (χ1) is 10.3. The zero-order valence-corrected chi connectivity index (χ0v) is 13.1. The minimum atomic E-state index is 0.613. The van der Waals surface area contributed by atoms with Crippen molar-refractivity contribution in [2.75, 3.05) is 26.0 Å². The van der Waals surface area contributed by atoms with Gasteiger partial charge in [0.25, 0.3) is 0 Å². The molecule has 0 aromatic heterocycles. The molecule has 2 aromatic rings. The third-order valence-corrected chi connectivity index (χ3v) is 4.02. The van der Waals surface area contributed by atoms with Crippen molar-refractivity contribution in [3.05, 3.63) is 54.1 Å². The second kappa shape index (κ2) is 8.60. The molecule has 0 aliphatic heterocycles. The number of nitrogens with two attached hydrogens (primary N) is 1. The van der Waals surface area contributed by atoms with Crippen molar-refractivity contribution in [1.82, 2.24) is 0 Å². The van der Waals surface area contributed by atoms with E-state index in [-0.39, 0.29) is 0 Å². The first-order valence-corrected chi connectivity index (χ1v) is 7.99. The van der Waals surface area contributed by atoms with E-state index in [1.807, 2.05) is 36.4 Å². The van der Waals surface area contributed by atoms with Crippen LogP contribution in [0, 0.1) is 0 Å². The Morgan fingerprint density at radius 1 is 1.10 bits per heavy atom. The van der Waals surface area contributed by atoms with E-state index in [0.717, 1.165) is 29.2 Å². The lowest BCUT2D eigenvalue weighted by Crippen LogP contribution is -2.07. The molecule has 0 unspecified atom stereocenters. The van der Waals surface area contributed by atoms with Gasteiger partial charge in [-0.1, -0.05) is 24.3 Å². The molecule has 0 aliphatic rings. The fourth-order valence-corrected chi connectivity index (χ4v) is 2.74. The van der Waals surface area contributed by atoms with Gasteiger partial charge in [-0.3, -0.25) is 0 Å². The van der Waals surface area contributed by atoms with Crippen molar-refractivity contribution in [1.29, 1.82) is 0 Å². The summed E-state index contributed by atoms with van der Waals surface area (Å²) in [6.07, 6.45) is 0.811. The average molecular weight is 303 g/mol. The molecule has 4 heteroatoms. The Bertz CT molecular complexity index is 546. The maximum absolute atomic E-state index is 5.90. The molecule has 0 atom stereocenters. The fraction of sp³-hybridized carbons (Fsp3) is 0.294. The Kier molecular flexibility index (Phi) is 6.44. The number of hydrogen-bond acceptors (Lipinski definition) is 4. The number of thioether (sulfide) groups is 1. The summed E-state index contributed by atoms with van der Waals surface area (Å²) in [6, 6.07) is 16.2. The lowest BCUT2D eigenvalue weighted by Gasteiger charge is -2.12. The van der Waals surface area contributed by atoms with E-state index in [1.54, 1.807) is 18.9 Å². The van der Waals surface area contributed by atoms with E-state index < -0.39 is 0 Å². The van der Waals surface area contributed by atoms with Gasteiger partial charge < -0.3 is 15.2 Å². The van der Waals surface area contributed by atoms with Crippen LogP contribution in [0.2, 0.25) is 0 Å². The SMILES string of the molecule is COc1ccc(CCN)c(OCCSc2ccccc2)c1. The van der Waals surface area contributed by atoms with Crippen LogP contribution in [0.3, 0.4) is 0 Å². The first kappa shape index (κ1) is 15.7. The smallest absolute Gasteiger partial charge is 0.126 e. The predicted octanol–water partition coefficient (Wildman–Crippen LogP) is 3.37. The summed E-state index contributed by atoms with van der Waals surface area (Å²) in [5, 5.41) is 0. The van der Waals surface area contributed by atoms with Crippen LogP contribution in [0.5, 0.6) is 11.5 Å². The second-order valence-electron chi connectivity index (χ2n) is 4.52. The summed E-state index contributed by atoms with van der Waals surface area (Å²) < 4.78 is 11.1. The maximum atomic E-state index is 5.90. The number of rotatable bonds is 8. The largest absolute Gasteiger partial charge is 0.497 e. The summed E-state index contributed by atoms with van der Waals surface area (Å²) in [5.41, 5.74) is 6.77. The van der Waals surface area contributed by atoms with E-state index in [9.17, 15) is 0 Å². The molecule has 0 bridgehead atoms. The Morgan fingerprint density at radius 2 is 1.90 bits per heavy atom. The van der Waals surface area contributed by atoms with Crippen molar-refractivity contribution >= 4 is 11.8 Å². The van der Waals surface area contributed by atoms with Crippen LogP contribution in [0.1, 0.15) is 5.56 Å². The Morgan fingerprint density at radius 3 is 2.62 bits per heavy atom. The van der Waals surface area contributed by atoms with Crippen molar-refractivity contribution in [2.45, 2.75) is 11.3 Å². The molecule has 0 radical (unpaired) electrons. The van der Waals surface area contributed by atoms with E-state index >= 15 is 0 Å². The lowest BCUT2D eigenvalue weighted by atomic mass is 10.1. The van der Waals surface area contributed by atoms with Crippen LogP contribution >= 0.6 is 11.8 Å². The normalized spacial score (nSPS) is 10.4. The van der Waals surface area contributed by atoms with E-state index in [1.165, 1.54) is 4.90 Å². The highest BCUT2D eigenvalue weighted by atomic mass is 32.2.